The van der Waals surface area contributed by atoms with Gasteiger partial charge in [-0.3, -0.25) is 10.6 Å². The Hall–Kier alpha value is -4.06. The molecule has 0 radical (unpaired) electrons. The Kier molecular flexibility index (Phi) is 3.58. The summed E-state index contributed by atoms with van der Waals surface area (Å²) in [6, 6.07) is 23.8. The topological polar surface area (TPSA) is 44.7 Å². The first-order valence-electron chi connectivity index (χ1n) is 16.0. The maximum Gasteiger partial charge on any atom is 0.459 e. The quantitative estimate of drug-likeness (QED) is 0.223. The molecule has 5 heterocycles. The molecular weight excluding hydrogens is 524 g/mol. The van der Waals surface area contributed by atoms with Gasteiger partial charge in [0.2, 0.25) is 6.20 Å². The van der Waals surface area contributed by atoms with Crippen molar-refractivity contribution in [2.45, 2.75) is 43.7 Å². The lowest BCUT2D eigenvalue weighted by atomic mass is 9.42. The molecule has 7 aliphatic rings. The molecule has 5 aromatic rings. The number of fused-ring (bicyclic) bond motifs is 1. The Morgan fingerprint density at radius 3 is 1.91 bits per heavy atom. The average Bonchev–Trinajstić information content (AvgIpc) is 3.38. The predicted molar refractivity (Wildman–Crippen MR) is 167 cm³/mol. The van der Waals surface area contributed by atoms with Gasteiger partial charge in [-0.15, -0.1) is 4.57 Å². The first-order valence-corrected chi connectivity index (χ1v) is 16.0. The Labute approximate surface area is 251 Å². The molecular formula is C36H29B2N5+2. The minimum atomic E-state index is -0.524. The van der Waals surface area contributed by atoms with Crippen molar-refractivity contribution < 1.29 is 9.25 Å². The van der Waals surface area contributed by atoms with Crippen LogP contribution >= 0.6 is 0 Å². The van der Waals surface area contributed by atoms with Crippen LogP contribution in [0.4, 0.5) is 0 Å². The third-order valence-electron chi connectivity index (χ3n) is 12.3. The number of hydrogen-bond donors (Lipinski definition) is 2. The Balaban J connectivity index is 1.32. The minimum Gasteiger partial charge on any atom is -0.255 e. The van der Waals surface area contributed by atoms with Crippen LogP contribution in [0.25, 0.3) is 11.1 Å². The highest BCUT2D eigenvalue weighted by atomic mass is 15.5. The molecule has 0 saturated carbocycles. The molecule has 3 unspecified atom stereocenters. The first-order chi connectivity index (χ1) is 21.1. The highest BCUT2D eigenvalue weighted by molar-refractivity contribution is 6.73. The van der Waals surface area contributed by atoms with Crippen LogP contribution in [0.3, 0.4) is 0 Å². The molecule has 1 aromatic heterocycles. The van der Waals surface area contributed by atoms with Gasteiger partial charge >= 0.3 is 11.5 Å². The molecule has 0 saturated heterocycles. The fourth-order valence-corrected chi connectivity index (χ4v) is 10.8. The Bertz CT molecular complexity index is 2080. The van der Waals surface area contributed by atoms with Gasteiger partial charge < -0.3 is 0 Å². The lowest BCUT2D eigenvalue weighted by Gasteiger charge is -2.48. The largest absolute Gasteiger partial charge is 0.459 e. The normalized spacial score (nSPS) is 26.1. The number of nitrogens with zero attached hydrogens (tertiary/aromatic N) is 3. The second kappa shape index (κ2) is 6.85. The minimum absolute atomic E-state index is 0.171. The third kappa shape index (κ3) is 2.12. The molecule has 7 heteroatoms. The summed E-state index contributed by atoms with van der Waals surface area (Å²) in [6.45, 7) is 5.66. The van der Waals surface area contributed by atoms with Crippen LogP contribution in [0.15, 0.2) is 73.1 Å². The maximum atomic E-state index is 5.36. The summed E-state index contributed by atoms with van der Waals surface area (Å²) in [6.07, 6.45) is 8.18. The van der Waals surface area contributed by atoms with E-state index < -0.39 is 11.3 Å². The average molecular weight is 553 g/mol. The van der Waals surface area contributed by atoms with Crippen molar-refractivity contribution >= 4 is 24.4 Å². The summed E-state index contributed by atoms with van der Waals surface area (Å²) in [5.74, 6) is 1.47. The van der Waals surface area contributed by atoms with Gasteiger partial charge in [0, 0.05) is 20.9 Å². The van der Waals surface area contributed by atoms with E-state index in [0.29, 0.717) is 13.4 Å². The summed E-state index contributed by atoms with van der Waals surface area (Å²) in [7, 11) is 0. The summed E-state index contributed by atoms with van der Waals surface area (Å²) in [4.78, 5) is 0. The van der Waals surface area contributed by atoms with Crippen LogP contribution in [0.5, 0.6) is 0 Å². The molecule has 0 fully saturated rings. The molecule has 5 nitrogen and oxygen atoms in total. The standard InChI is InChI=1S/C36H29B2N5/c1-37-17-39-35-30-19(5-3-7-25(30)37)15-21-9-11-23-24-12-10-22-16-20-6-4-8-26-31(20)36(40-18-38(26)2)33(22)28(24)29(27(23)32(21)35)34-42(35)14-13-41-43(34)36/h3-14,29,39-40H,15-18H2,1-2H3/q+2. The van der Waals surface area contributed by atoms with Gasteiger partial charge in [0.05, 0.1) is 11.1 Å². The molecule has 0 amide bonds. The van der Waals surface area contributed by atoms with Crippen LogP contribution < -0.4 is 30.8 Å². The van der Waals surface area contributed by atoms with E-state index in [2.05, 4.69) is 107 Å². The van der Waals surface area contributed by atoms with Gasteiger partial charge in [0.25, 0.3) is 5.66 Å². The van der Waals surface area contributed by atoms with Crippen molar-refractivity contribution in [2.75, 3.05) is 12.9 Å². The number of hydrogen-bond acceptors (Lipinski definition) is 3. The maximum absolute atomic E-state index is 5.36. The summed E-state index contributed by atoms with van der Waals surface area (Å²) < 4.78 is 5.07. The predicted octanol–water partition coefficient (Wildman–Crippen LogP) is 1.70. The van der Waals surface area contributed by atoms with E-state index in [-0.39, 0.29) is 5.92 Å². The van der Waals surface area contributed by atoms with Crippen molar-refractivity contribution in [1.82, 2.24) is 15.7 Å². The number of nitrogens with one attached hydrogen (secondary N) is 2. The molecule has 2 N–H and O–H groups in total. The van der Waals surface area contributed by atoms with Crippen molar-refractivity contribution in [3.8, 4) is 11.1 Å². The number of benzene rings is 4. The van der Waals surface area contributed by atoms with Crippen LogP contribution in [0.1, 0.15) is 67.4 Å². The smallest absolute Gasteiger partial charge is 0.255 e. The molecule has 0 bridgehead atoms. The van der Waals surface area contributed by atoms with Crippen molar-refractivity contribution in [3.05, 3.63) is 135 Å². The summed E-state index contributed by atoms with van der Waals surface area (Å²) in [5.41, 5.74) is 19.5. The van der Waals surface area contributed by atoms with E-state index in [4.69, 9.17) is 5.10 Å². The van der Waals surface area contributed by atoms with Crippen LogP contribution in [-0.4, -0.2) is 31.4 Å². The van der Waals surface area contributed by atoms with Crippen molar-refractivity contribution in [2.24, 2.45) is 0 Å². The molecule has 4 aromatic carbocycles. The fourth-order valence-electron chi connectivity index (χ4n) is 10.8. The monoisotopic (exact) mass is 553 g/mol. The van der Waals surface area contributed by atoms with E-state index in [1.54, 1.807) is 0 Å². The van der Waals surface area contributed by atoms with E-state index in [0.717, 1.165) is 25.7 Å². The zero-order chi connectivity index (χ0) is 28.0. The Morgan fingerprint density at radius 2 is 1.26 bits per heavy atom. The van der Waals surface area contributed by atoms with E-state index in [1.165, 1.54) is 83.5 Å². The van der Waals surface area contributed by atoms with Crippen LogP contribution in [0.2, 0.25) is 13.6 Å². The molecule has 3 aliphatic carbocycles. The zero-order valence-electron chi connectivity index (χ0n) is 24.3. The molecule has 2 spiro atoms. The molecule has 202 valence electrons. The van der Waals surface area contributed by atoms with E-state index >= 15 is 0 Å². The van der Waals surface area contributed by atoms with Crippen molar-refractivity contribution in [3.63, 3.8) is 0 Å². The second-order valence-electron chi connectivity index (χ2n) is 14.1. The van der Waals surface area contributed by atoms with Gasteiger partial charge in [-0.1, -0.05) is 85.2 Å². The summed E-state index contributed by atoms with van der Waals surface area (Å²) in [5, 5.41) is 13.8. The van der Waals surface area contributed by atoms with Gasteiger partial charge in [-0.25, -0.2) is 0 Å². The third-order valence-corrected chi connectivity index (χ3v) is 12.3. The number of rotatable bonds is 0. The Morgan fingerprint density at radius 1 is 0.698 bits per heavy atom. The fraction of sp³-hybridized carbons (Fsp3) is 0.250. The highest BCUT2D eigenvalue weighted by Gasteiger charge is 2.71. The SMILES string of the molecule is CB1CNC23c4c(cccc41)Cc1ccc4c(c12)C1c2c-4ccc4c2C2(NCB(C)c5cccc(c52)C4)[n+]2ncc[n+]3c21. The van der Waals surface area contributed by atoms with Gasteiger partial charge in [0.15, 0.2) is 25.5 Å². The summed E-state index contributed by atoms with van der Waals surface area (Å²) >= 11 is 0. The molecule has 3 atom stereocenters. The van der Waals surface area contributed by atoms with Gasteiger partial charge in [0.1, 0.15) is 0 Å². The van der Waals surface area contributed by atoms with E-state index in [1.807, 2.05) is 0 Å². The zero-order valence-corrected chi connectivity index (χ0v) is 24.3. The lowest BCUT2D eigenvalue weighted by Crippen LogP contribution is -2.84. The highest BCUT2D eigenvalue weighted by Crippen LogP contribution is 2.60. The second-order valence-corrected chi connectivity index (χ2v) is 14.1. The molecule has 4 aliphatic heterocycles. The van der Waals surface area contributed by atoms with Gasteiger partial charge in [-0.05, 0) is 70.2 Å². The van der Waals surface area contributed by atoms with Crippen LogP contribution in [-0.2, 0) is 24.2 Å². The first kappa shape index (κ1) is 22.5. The van der Waals surface area contributed by atoms with Gasteiger partial charge in [-0.2, -0.15) is 0 Å². The van der Waals surface area contributed by atoms with Crippen LogP contribution in [0, 0.1) is 0 Å². The van der Waals surface area contributed by atoms with Crippen molar-refractivity contribution in [1.29, 1.82) is 0 Å². The van der Waals surface area contributed by atoms with E-state index in [9.17, 15) is 0 Å². The molecule has 12 rings (SSSR count). The molecule has 43 heavy (non-hydrogen) atoms. The number of aromatic nitrogens is 3. The lowest BCUT2D eigenvalue weighted by molar-refractivity contribution is -0.913.